The fraction of sp³-hybridized carbons (Fsp3) is 0.400. The molecule has 0 aliphatic carbocycles. The molecule has 1 amide bonds. The van der Waals surface area contributed by atoms with E-state index >= 15 is 0 Å². The summed E-state index contributed by atoms with van der Waals surface area (Å²) in [4.78, 5) is 18.8. The zero-order valence-electron chi connectivity index (χ0n) is 14.3. The fourth-order valence-corrected chi connectivity index (χ4v) is 3.18. The monoisotopic (exact) mass is 323 g/mol. The first-order valence-corrected chi connectivity index (χ1v) is 8.89. The molecule has 1 aliphatic rings. The van der Waals surface area contributed by atoms with Gasteiger partial charge in [-0.05, 0) is 43.0 Å². The van der Waals surface area contributed by atoms with E-state index < -0.39 is 0 Å². The molecular weight excluding hydrogens is 298 g/mol. The summed E-state index contributed by atoms with van der Waals surface area (Å²) in [5.41, 5.74) is 4.14. The minimum Gasteiger partial charge on any atom is -0.351 e. The van der Waals surface area contributed by atoms with E-state index in [1.807, 2.05) is 12.1 Å². The van der Waals surface area contributed by atoms with Gasteiger partial charge in [0.05, 0.1) is 0 Å². The van der Waals surface area contributed by atoms with Gasteiger partial charge in [0.25, 0.3) is 5.91 Å². The molecule has 0 saturated heterocycles. The maximum Gasteiger partial charge on any atom is 0.269 e. The number of fused-ring (bicyclic) bond motifs is 1. The van der Waals surface area contributed by atoms with Gasteiger partial charge in [0.2, 0.25) is 0 Å². The van der Waals surface area contributed by atoms with Gasteiger partial charge < -0.3 is 10.2 Å². The van der Waals surface area contributed by atoms with E-state index in [0.717, 1.165) is 44.3 Å². The molecule has 0 bridgehead atoms. The van der Waals surface area contributed by atoms with E-state index in [9.17, 15) is 4.79 Å². The zero-order valence-corrected chi connectivity index (χ0v) is 14.3. The van der Waals surface area contributed by atoms with Crippen molar-refractivity contribution in [2.45, 2.75) is 39.0 Å². The van der Waals surface area contributed by atoms with Gasteiger partial charge in [-0.3, -0.25) is 9.78 Å². The summed E-state index contributed by atoms with van der Waals surface area (Å²) in [7, 11) is 0. The predicted molar refractivity (Wildman–Crippen MR) is 97.9 cm³/mol. The molecule has 1 aromatic carbocycles. The Kier molecular flexibility index (Phi) is 5.47. The van der Waals surface area contributed by atoms with Gasteiger partial charge in [-0.1, -0.05) is 38.0 Å². The number of pyridine rings is 1. The number of carbonyl (C=O) groups excluding carboxylic acids is 1. The number of para-hydroxylation sites is 1. The molecule has 1 aromatic heterocycles. The van der Waals surface area contributed by atoms with E-state index in [1.54, 1.807) is 6.20 Å². The number of rotatable bonds is 6. The molecule has 3 rings (SSSR count). The Balaban J connectivity index is 1.75. The third-order valence-electron chi connectivity index (χ3n) is 4.46. The van der Waals surface area contributed by atoms with Crippen molar-refractivity contribution in [2.24, 2.45) is 0 Å². The molecule has 0 unspecified atom stereocenters. The number of aryl methyl sites for hydroxylation is 1. The van der Waals surface area contributed by atoms with Crippen LogP contribution in [0.15, 0.2) is 42.6 Å². The minimum absolute atomic E-state index is 0.0850. The van der Waals surface area contributed by atoms with Crippen LogP contribution >= 0.6 is 0 Å². The first-order valence-electron chi connectivity index (χ1n) is 8.89. The molecule has 0 radical (unpaired) electrons. The van der Waals surface area contributed by atoms with E-state index in [1.165, 1.54) is 11.3 Å². The summed E-state index contributed by atoms with van der Waals surface area (Å²) in [6.07, 6.45) is 7.27. The normalized spacial score (nSPS) is 13.5. The lowest BCUT2D eigenvalue weighted by molar-refractivity contribution is 0.0948. The van der Waals surface area contributed by atoms with Gasteiger partial charge in [-0.2, -0.15) is 0 Å². The van der Waals surface area contributed by atoms with Gasteiger partial charge in [0, 0.05) is 30.7 Å². The number of nitrogens with zero attached hydrogens (tertiary/aromatic N) is 2. The van der Waals surface area contributed by atoms with E-state index in [4.69, 9.17) is 0 Å². The smallest absolute Gasteiger partial charge is 0.269 e. The third-order valence-corrected chi connectivity index (χ3v) is 4.46. The van der Waals surface area contributed by atoms with Crippen molar-refractivity contribution in [2.75, 3.05) is 18.0 Å². The highest BCUT2D eigenvalue weighted by molar-refractivity contribution is 5.93. The van der Waals surface area contributed by atoms with Crippen LogP contribution in [0.1, 0.15) is 48.7 Å². The molecule has 4 nitrogen and oxygen atoms in total. The fourth-order valence-electron chi connectivity index (χ4n) is 3.18. The topological polar surface area (TPSA) is 45.2 Å². The van der Waals surface area contributed by atoms with Crippen molar-refractivity contribution in [3.63, 3.8) is 0 Å². The highest BCUT2D eigenvalue weighted by Gasteiger charge is 2.19. The lowest BCUT2D eigenvalue weighted by atomic mass is 10.0. The SMILES string of the molecule is CCCCCNC(=O)c1cc(N2CCCc3ccccc32)ccn1. The number of aromatic nitrogens is 1. The van der Waals surface area contributed by atoms with Crippen LogP contribution in [0.3, 0.4) is 0 Å². The number of anilines is 2. The van der Waals surface area contributed by atoms with Gasteiger partial charge in [-0.25, -0.2) is 0 Å². The van der Waals surface area contributed by atoms with Crippen LogP contribution in [0.4, 0.5) is 11.4 Å². The molecule has 126 valence electrons. The summed E-state index contributed by atoms with van der Waals surface area (Å²) < 4.78 is 0. The minimum atomic E-state index is -0.0850. The highest BCUT2D eigenvalue weighted by Crippen LogP contribution is 2.33. The lowest BCUT2D eigenvalue weighted by Gasteiger charge is -2.31. The van der Waals surface area contributed by atoms with Crippen molar-refractivity contribution >= 4 is 17.3 Å². The Morgan fingerprint density at radius 3 is 3.00 bits per heavy atom. The highest BCUT2D eigenvalue weighted by atomic mass is 16.1. The average molecular weight is 323 g/mol. The maximum absolute atomic E-state index is 12.3. The molecule has 2 aromatic rings. The number of nitrogens with one attached hydrogen (secondary N) is 1. The molecule has 0 spiro atoms. The molecule has 0 fully saturated rings. The molecule has 1 aliphatic heterocycles. The summed E-state index contributed by atoms with van der Waals surface area (Å²) >= 11 is 0. The molecule has 0 saturated carbocycles. The second-order valence-electron chi connectivity index (χ2n) is 6.25. The number of amides is 1. The van der Waals surface area contributed by atoms with E-state index in [-0.39, 0.29) is 5.91 Å². The van der Waals surface area contributed by atoms with Crippen LogP contribution in [0.25, 0.3) is 0 Å². The molecular formula is C20H25N3O. The summed E-state index contributed by atoms with van der Waals surface area (Å²) in [6, 6.07) is 12.4. The summed E-state index contributed by atoms with van der Waals surface area (Å²) in [5.74, 6) is -0.0850. The molecule has 4 heteroatoms. The predicted octanol–water partition coefficient (Wildman–Crippen LogP) is 4.09. The average Bonchev–Trinajstić information content (AvgIpc) is 2.64. The van der Waals surface area contributed by atoms with Crippen molar-refractivity contribution in [3.8, 4) is 0 Å². The van der Waals surface area contributed by atoms with Crippen LogP contribution in [0.5, 0.6) is 0 Å². The summed E-state index contributed by atoms with van der Waals surface area (Å²) in [5, 5.41) is 2.96. The quantitative estimate of drug-likeness (QED) is 0.815. The van der Waals surface area contributed by atoms with Gasteiger partial charge >= 0.3 is 0 Å². The molecule has 0 atom stereocenters. The summed E-state index contributed by atoms with van der Waals surface area (Å²) in [6.45, 7) is 3.84. The Morgan fingerprint density at radius 2 is 2.12 bits per heavy atom. The Bertz CT molecular complexity index is 699. The Hall–Kier alpha value is -2.36. The van der Waals surface area contributed by atoms with Crippen LogP contribution in [-0.2, 0) is 6.42 Å². The number of unbranched alkanes of at least 4 members (excludes halogenated alkanes) is 2. The van der Waals surface area contributed by atoms with Crippen LogP contribution in [0.2, 0.25) is 0 Å². The third kappa shape index (κ3) is 3.75. The first-order chi connectivity index (χ1) is 11.8. The van der Waals surface area contributed by atoms with Crippen molar-refractivity contribution in [1.29, 1.82) is 0 Å². The second kappa shape index (κ2) is 7.95. The van der Waals surface area contributed by atoms with Crippen molar-refractivity contribution in [3.05, 3.63) is 53.9 Å². The zero-order chi connectivity index (χ0) is 16.8. The Labute approximate surface area is 143 Å². The number of hydrogen-bond donors (Lipinski definition) is 1. The van der Waals surface area contributed by atoms with Gasteiger partial charge in [-0.15, -0.1) is 0 Å². The first kappa shape index (κ1) is 16.5. The second-order valence-corrected chi connectivity index (χ2v) is 6.25. The van der Waals surface area contributed by atoms with E-state index in [2.05, 4.69) is 46.4 Å². The van der Waals surface area contributed by atoms with Crippen molar-refractivity contribution in [1.82, 2.24) is 10.3 Å². The van der Waals surface area contributed by atoms with Crippen LogP contribution in [0, 0.1) is 0 Å². The van der Waals surface area contributed by atoms with Crippen molar-refractivity contribution < 1.29 is 4.79 Å². The number of benzene rings is 1. The molecule has 24 heavy (non-hydrogen) atoms. The standard InChI is InChI=1S/C20H25N3O/c1-2-3-6-12-22-20(24)18-15-17(11-13-21-18)23-14-7-9-16-8-4-5-10-19(16)23/h4-5,8,10-11,13,15H,2-3,6-7,9,12,14H2,1H3,(H,22,24). The Morgan fingerprint density at radius 1 is 1.25 bits per heavy atom. The number of carbonyl (C=O) groups is 1. The number of hydrogen-bond acceptors (Lipinski definition) is 3. The van der Waals surface area contributed by atoms with Gasteiger partial charge in [0.15, 0.2) is 0 Å². The largest absolute Gasteiger partial charge is 0.351 e. The van der Waals surface area contributed by atoms with E-state index in [0.29, 0.717) is 12.2 Å². The molecule has 2 heterocycles. The molecule has 1 N–H and O–H groups in total. The van der Waals surface area contributed by atoms with Gasteiger partial charge in [0.1, 0.15) is 5.69 Å². The van der Waals surface area contributed by atoms with Crippen LogP contribution < -0.4 is 10.2 Å². The maximum atomic E-state index is 12.3. The van der Waals surface area contributed by atoms with Crippen LogP contribution in [-0.4, -0.2) is 24.0 Å². The lowest BCUT2D eigenvalue weighted by Crippen LogP contribution is -2.27.